The number of benzene rings is 2. The summed E-state index contributed by atoms with van der Waals surface area (Å²) in [4.78, 5) is 14.1. The van der Waals surface area contributed by atoms with Gasteiger partial charge in [-0.25, -0.2) is 0 Å². The number of nitrogens with zero attached hydrogens (tertiary/aromatic N) is 3. The number of hydrogen-bond acceptors (Lipinski definition) is 5. The second kappa shape index (κ2) is 7.98. The molecular weight excluding hydrogens is 332 g/mol. The van der Waals surface area contributed by atoms with E-state index in [-0.39, 0.29) is 11.2 Å². The van der Waals surface area contributed by atoms with E-state index in [9.17, 15) is 4.79 Å². The first kappa shape index (κ1) is 17.2. The summed E-state index contributed by atoms with van der Waals surface area (Å²) in [5, 5.41) is 11.4. The standard InChI is InChI=1S/C19H20N4OS/c1-23(2)16-10-8-15(9-11-16)13-20-22-19-21-18(24)17(25-19)12-14-6-4-3-5-7-14/h3-11,13,17H,12H2,1-2H3,(H,21,22,24)/b20-13-. The number of rotatable bonds is 5. The maximum absolute atomic E-state index is 12.1. The minimum Gasteiger partial charge on any atom is -0.378 e. The molecule has 0 bridgehead atoms. The van der Waals surface area contributed by atoms with E-state index in [0.29, 0.717) is 11.6 Å². The topological polar surface area (TPSA) is 57.1 Å². The number of amides is 1. The fourth-order valence-electron chi connectivity index (χ4n) is 2.42. The quantitative estimate of drug-likeness (QED) is 0.665. The maximum Gasteiger partial charge on any atom is 0.239 e. The molecule has 1 aliphatic heterocycles. The van der Waals surface area contributed by atoms with Crippen LogP contribution in [0.15, 0.2) is 64.8 Å². The van der Waals surface area contributed by atoms with Gasteiger partial charge in [0.05, 0.1) is 11.5 Å². The number of carbonyl (C=O) groups excluding carboxylic acids is 1. The molecule has 6 heteroatoms. The predicted octanol–water partition coefficient (Wildman–Crippen LogP) is 2.92. The van der Waals surface area contributed by atoms with Crippen molar-refractivity contribution in [2.75, 3.05) is 19.0 Å². The van der Waals surface area contributed by atoms with E-state index in [0.717, 1.165) is 16.8 Å². The molecule has 1 heterocycles. The lowest BCUT2D eigenvalue weighted by molar-refractivity contribution is -0.118. The third-order valence-corrected chi connectivity index (χ3v) is 4.88. The lowest BCUT2D eigenvalue weighted by atomic mass is 10.1. The molecule has 2 aromatic rings. The summed E-state index contributed by atoms with van der Waals surface area (Å²) in [7, 11) is 4.00. The van der Waals surface area contributed by atoms with Crippen LogP contribution in [0.2, 0.25) is 0 Å². The summed E-state index contributed by atoms with van der Waals surface area (Å²) in [6, 6.07) is 18.0. The van der Waals surface area contributed by atoms with E-state index in [1.807, 2.05) is 73.6 Å². The first-order chi connectivity index (χ1) is 12.1. The third-order valence-electron chi connectivity index (χ3n) is 3.81. The van der Waals surface area contributed by atoms with E-state index >= 15 is 0 Å². The van der Waals surface area contributed by atoms with Gasteiger partial charge in [0.1, 0.15) is 0 Å². The molecule has 1 unspecified atom stereocenters. The highest BCUT2D eigenvalue weighted by Crippen LogP contribution is 2.23. The Morgan fingerprint density at radius 2 is 1.84 bits per heavy atom. The van der Waals surface area contributed by atoms with Gasteiger partial charge in [-0.2, -0.15) is 5.10 Å². The van der Waals surface area contributed by atoms with Crippen LogP contribution in [-0.2, 0) is 11.2 Å². The third kappa shape index (κ3) is 4.70. The van der Waals surface area contributed by atoms with Crippen LogP contribution in [0.25, 0.3) is 0 Å². The number of anilines is 1. The lowest BCUT2D eigenvalue weighted by Gasteiger charge is -2.11. The Bertz CT molecular complexity index is 785. The molecule has 1 atom stereocenters. The van der Waals surface area contributed by atoms with Crippen molar-refractivity contribution < 1.29 is 4.79 Å². The van der Waals surface area contributed by atoms with E-state index in [2.05, 4.69) is 15.5 Å². The Hall–Kier alpha value is -2.60. The van der Waals surface area contributed by atoms with E-state index in [4.69, 9.17) is 0 Å². The molecule has 2 aromatic carbocycles. The molecule has 0 spiro atoms. The average Bonchev–Trinajstić information content (AvgIpc) is 2.96. The SMILES string of the molecule is CN(C)c1ccc(/C=N\N=C2/NC(=O)C(Cc3ccccc3)S2)cc1. The van der Waals surface area contributed by atoms with Crippen LogP contribution in [0, 0.1) is 0 Å². The first-order valence-electron chi connectivity index (χ1n) is 8.01. The first-order valence-corrected chi connectivity index (χ1v) is 8.89. The molecule has 0 aromatic heterocycles. The maximum atomic E-state index is 12.1. The molecule has 25 heavy (non-hydrogen) atoms. The normalized spacial score (nSPS) is 18.7. The zero-order valence-corrected chi connectivity index (χ0v) is 15.0. The molecule has 1 amide bonds. The van der Waals surface area contributed by atoms with Crippen molar-refractivity contribution in [2.24, 2.45) is 10.2 Å². The van der Waals surface area contributed by atoms with Crippen LogP contribution in [-0.4, -0.2) is 36.6 Å². The van der Waals surface area contributed by atoms with Gasteiger partial charge in [0.25, 0.3) is 0 Å². The zero-order valence-electron chi connectivity index (χ0n) is 14.2. The van der Waals surface area contributed by atoms with Gasteiger partial charge in [-0.1, -0.05) is 54.2 Å². The van der Waals surface area contributed by atoms with Gasteiger partial charge >= 0.3 is 0 Å². The van der Waals surface area contributed by atoms with Crippen LogP contribution < -0.4 is 10.2 Å². The van der Waals surface area contributed by atoms with Crippen molar-refractivity contribution in [1.29, 1.82) is 0 Å². The van der Waals surface area contributed by atoms with Crippen LogP contribution in [0.5, 0.6) is 0 Å². The molecule has 0 saturated carbocycles. The molecular formula is C19H20N4OS. The van der Waals surface area contributed by atoms with Gasteiger partial charge in [-0.3, -0.25) is 4.79 Å². The molecule has 1 aliphatic rings. The monoisotopic (exact) mass is 352 g/mol. The molecule has 1 fully saturated rings. The fourth-order valence-corrected chi connectivity index (χ4v) is 3.39. The van der Waals surface area contributed by atoms with Gasteiger partial charge in [-0.15, -0.1) is 5.10 Å². The number of nitrogens with one attached hydrogen (secondary N) is 1. The van der Waals surface area contributed by atoms with Crippen molar-refractivity contribution in [1.82, 2.24) is 5.32 Å². The number of hydrogen-bond donors (Lipinski definition) is 1. The molecule has 1 N–H and O–H groups in total. The highest BCUT2D eigenvalue weighted by molar-refractivity contribution is 8.15. The van der Waals surface area contributed by atoms with Crippen molar-refractivity contribution in [2.45, 2.75) is 11.7 Å². The van der Waals surface area contributed by atoms with Crippen molar-refractivity contribution in [3.8, 4) is 0 Å². The summed E-state index contributed by atoms with van der Waals surface area (Å²) in [6.07, 6.45) is 2.37. The average molecular weight is 352 g/mol. The second-order valence-electron chi connectivity index (χ2n) is 5.92. The van der Waals surface area contributed by atoms with Gasteiger partial charge in [0, 0.05) is 19.8 Å². The molecule has 3 rings (SSSR count). The predicted molar refractivity (Wildman–Crippen MR) is 105 cm³/mol. The van der Waals surface area contributed by atoms with Crippen LogP contribution in [0.4, 0.5) is 5.69 Å². The summed E-state index contributed by atoms with van der Waals surface area (Å²) < 4.78 is 0. The number of thioether (sulfide) groups is 1. The van der Waals surface area contributed by atoms with Gasteiger partial charge in [-0.05, 0) is 29.7 Å². The number of carbonyl (C=O) groups is 1. The van der Waals surface area contributed by atoms with Crippen molar-refractivity contribution >= 4 is 34.7 Å². The van der Waals surface area contributed by atoms with Gasteiger partial charge < -0.3 is 10.2 Å². The second-order valence-corrected chi connectivity index (χ2v) is 7.11. The van der Waals surface area contributed by atoms with Crippen molar-refractivity contribution in [3.05, 3.63) is 65.7 Å². The Kier molecular flexibility index (Phi) is 5.50. The van der Waals surface area contributed by atoms with Crippen LogP contribution in [0.3, 0.4) is 0 Å². The van der Waals surface area contributed by atoms with E-state index in [1.54, 1.807) is 6.21 Å². The molecule has 0 aliphatic carbocycles. The molecule has 1 saturated heterocycles. The van der Waals surface area contributed by atoms with E-state index < -0.39 is 0 Å². The highest BCUT2D eigenvalue weighted by atomic mass is 32.2. The van der Waals surface area contributed by atoms with Gasteiger partial charge in [0.15, 0.2) is 5.17 Å². The largest absolute Gasteiger partial charge is 0.378 e. The summed E-state index contributed by atoms with van der Waals surface area (Å²) >= 11 is 1.42. The van der Waals surface area contributed by atoms with Crippen molar-refractivity contribution in [3.63, 3.8) is 0 Å². The summed E-state index contributed by atoms with van der Waals surface area (Å²) in [6.45, 7) is 0. The summed E-state index contributed by atoms with van der Waals surface area (Å²) in [5.41, 5.74) is 3.23. The fraction of sp³-hybridized carbons (Fsp3) is 0.211. The number of amidine groups is 1. The van der Waals surface area contributed by atoms with Crippen LogP contribution in [0.1, 0.15) is 11.1 Å². The minimum absolute atomic E-state index is 0.0156. The Morgan fingerprint density at radius 1 is 1.12 bits per heavy atom. The highest BCUT2D eigenvalue weighted by Gasteiger charge is 2.30. The molecule has 5 nitrogen and oxygen atoms in total. The molecule has 128 valence electrons. The van der Waals surface area contributed by atoms with E-state index in [1.165, 1.54) is 11.8 Å². The lowest BCUT2D eigenvalue weighted by Crippen LogP contribution is -2.25. The van der Waals surface area contributed by atoms with Crippen LogP contribution >= 0.6 is 11.8 Å². The smallest absolute Gasteiger partial charge is 0.239 e. The minimum atomic E-state index is -0.157. The van der Waals surface area contributed by atoms with Gasteiger partial charge in [0.2, 0.25) is 5.91 Å². The Labute approximate surface area is 151 Å². The Balaban J connectivity index is 1.59. The Morgan fingerprint density at radius 3 is 2.52 bits per heavy atom. The summed E-state index contributed by atoms with van der Waals surface area (Å²) in [5.74, 6) is -0.0156. The molecule has 0 radical (unpaired) electrons. The zero-order chi connectivity index (χ0) is 17.6.